The number of rotatable bonds is 3. The second kappa shape index (κ2) is 5.43. The van der Waals surface area contributed by atoms with Gasteiger partial charge in [0.25, 0.3) is 0 Å². The molecule has 1 aromatic carbocycles. The minimum atomic E-state index is -0.792. The van der Waals surface area contributed by atoms with Crippen LogP contribution in [0.5, 0.6) is 5.75 Å². The van der Waals surface area contributed by atoms with Gasteiger partial charge >= 0.3 is 0 Å². The first-order valence-corrected chi connectivity index (χ1v) is 6.63. The molecule has 0 N–H and O–H groups in total. The van der Waals surface area contributed by atoms with E-state index in [9.17, 15) is 8.78 Å². The summed E-state index contributed by atoms with van der Waals surface area (Å²) in [4.78, 5) is 1.45. The van der Waals surface area contributed by atoms with Gasteiger partial charge in [0.2, 0.25) is 5.82 Å². The second-order valence-electron chi connectivity index (χ2n) is 5.15. The van der Waals surface area contributed by atoms with E-state index in [0.29, 0.717) is 5.82 Å². The van der Waals surface area contributed by atoms with Gasteiger partial charge in [-0.3, -0.25) is 0 Å². The Morgan fingerprint density at radius 1 is 1.30 bits per heavy atom. The van der Waals surface area contributed by atoms with Gasteiger partial charge < -0.3 is 4.74 Å². The molecular weight excluding hydrogens is 334 g/mol. The van der Waals surface area contributed by atoms with Crippen molar-refractivity contribution in [2.75, 3.05) is 0 Å². The first-order chi connectivity index (χ1) is 9.27. The molecule has 0 aliphatic heterocycles. The molecule has 108 valence electrons. The number of hydrogen-bond acceptors (Lipinski definition) is 4. The van der Waals surface area contributed by atoms with E-state index in [2.05, 4.69) is 31.3 Å². The van der Waals surface area contributed by atoms with Crippen LogP contribution in [0.15, 0.2) is 16.6 Å². The summed E-state index contributed by atoms with van der Waals surface area (Å²) in [6.45, 7) is 5.72. The first-order valence-electron chi connectivity index (χ1n) is 5.84. The number of halogens is 3. The molecule has 0 spiro atoms. The third-order valence-corrected chi connectivity index (χ3v) is 2.95. The van der Waals surface area contributed by atoms with Gasteiger partial charge in [0.05, 0.1) is 10.0 Å². The first kappa shape index (κ1) is 14.8. The maximum atomic E-state index is 13.6. The van der Waals surface area contributed by atoms with E-state index in [1.807, 2.05) is 20.8 Å². The molecule has 2 aromatic rings. The van der Waals surface area contributed by atoms with Crippen molar-refractivity contribution in [3.8, 4) is 5.75 Å². The predicted octanol–water partition coefficient (Wildman–Crippen LogP) is 3.05. The lowest BCUT2D eigenvalue weighted by atomic mass is 10.1. The van der Waals surface area contributed by atoms with Crippen LogP contribution in [0, 0.1) is 11.6 Å². The quantitative estimate of drug-likeness (QED) is 0.857. The Balaban J connectivity index is 2.12. The van der Waals surface area contributed by atoms with Crippen LogP contribution >= 0.6 is 15.9 Å². The van der Waals surface area contributed by atoms with Gasteiger partial charge in [-0.05, 0) is 48.0 Å². The van der Waals surface area contributed by atoms with Gasteiger partial charge in [0.1, 0.15) is 5.82 Å². The number of nitrogens with zero attached hydrogens (tertiary/aromatic N) is 4. The zero-order chi connectivity index (χ0) is 14.9. The number of hydrogen-bond donors (Lipinski definition) is 0. The van der Waals surface area contributed by atoms with Gasteiger partial charge in [-0.15, -0.1) is 10.2 Å². The molecule has 5 nitrogen and oxygen atoms in total. The van der Waals surface area contributed by atoms with Crippen molar-refractivity contribution in [3.05, 3.63) is 34.1 Å². The molecule has 8 heteroatoms. The van der Waals surface area contributed by atoms with Crippen LogP contribution in [0.3, 0.4) is 0 Å². The third-order valence-electron chi connectivity index (χ3n) is 2.36. The number of benzene rings is 1. The fraction of sp³-hybridized carbons (Fsp3) is 0.417. The standard InChI is InChI=1S/C12H13BrF2N4O/c1-12(2,3)19-17-10(16-18-19)6-20-11-8(13)4-7(14)5-9(11)15/h4-5H,6H2,1-3H3. The van der Waals surface area contributed by atoms with E-state index in [0.717, 1.165) is 12.1 Å². The lowest BCUT2D eigenvalue weighted by Gasteiger charge is -2.15. The second-order valence-corrected chi connectivity index (χ2v) is 6.01. The average molecular weight is 347 g/mol. The van der Waals surface area contributed by atoms with Crippen molar-refractivity contribution in [2.24, 2.45) is 0 Å². The Hall–Kier alpha value is -1.57. The average Bonchev–Trinajstić information content (AvgIpc) is 2.75. The van der Waals surface area contributed by atoms with Gasteiger partial charge in [0.15, 0.2) is 18.2 Å². The summed E-state index contributed by atoms with van der Waals surface area (Å²) < 4.78 is 32.0. The van der Waals surface area contributed by atoms with Crippen molar-refractivity contribution in [3.63, 3.8) is 0 Å². The molecule has 0 saturated heterocycles. The summed E-state index contributed by atoms with van der Waals surface area (Å²) in [6, 6.07) is 1.87. The van der Waals surface area contributed by atoms with E-state index in [1.54, 1.807) is 0 Å². The Morgan fingerprint density at radius 2 is 2.00 bits per heavy atom. The lowest BCUT2D eigenvalue weighted by Crippen LogP contribution is -2.24. The maximum Gasteiger partial charge on any atom is 0.212 e. The molecule has 1 heterocycles. The van der Waals surface area contributed by atoms with Crippen LogP contribution in [0.25, 0.3) is 0 Å². The third kappa shape index (κ3) is 3.30. The lowest BCUT2D eigenvalue weighted by molar-refractivity contribution is 0.271. The number of tetrazole rings is 1. The molecule has 0 unspecified atom stereocenters. The van der Waals surface area contributed by atoms with Crippen molar-refractivity contribution in [2.45, 2.75) is 32.9 Å². The van der Waals surface area contributed by atoms with Crippen molar-refractivity contribution in [1.82, 2.24) is 20.2 Å². The van der Waals surface area contributed by atoms with Gasteiger partial charge in [-0.2, -0.15) is 4.80 Å². The zero-order valence-electron chi connectivity index (χ0n) is 11.2. The zero-order valence-corrected chi connectivity index (χ0v) is 12.8. The van der Waals surface area contributed by atoms with Crippen molar-refractivity contribution >= 4 is 15.9 Å². The molecule has 0 aliphatic carbocycles. The molecule has 20 heavy (non-hydrogen) atoms. The van der Waals surface area contributed by atoms with E-state index < -0.39 is 11.6 Å². The Morgan fingerprint density at radius 3 is 2.55 bits per heavy atom. The Kier molecular flexibility index (Phi) is 4.03. The smallest absolute Gasteiger partial charge is 0.212 e. The highest BCUT2D eigenvalue weighted by Crippen LogP contribution is 2.29. The van der Waals surface area contributed by atoms with E-state index >= 15 is 0 Å². The summed E-state index contributed by atoms with van der Waals surface area (Å²) in [7, 11) is 0. The summed E-state index contributed by atoms with van der Waals surface area (Å²) in [5.74, 6) is -1.24. The molecule has 0 amide bonds. The highest BCUT2D eigenvalue weighted by Gasteiger charge is 2.18. The molecule has 0 fully saturated rings. The monoisotopic (exact) mass is 346 g/mol. The van der Waals surface area contributed by atoms with E-state index in [4.69, 9.17) is 4.74 Å². The Bertz CT molecular complexity index is 601. The van der Waals surface area contributed by atoms with Crippen LogP contribution in [0.1, 0.15) is 26.6 Å². The molecular formula is C12H13BrF2N4O. The molecule has 0 aliphatic rings. The van der Waals surface area contributed by atoms with Crippen LogP contribution < -0.4 is 4.74 Å². The summed E-state index contributed by atoms with van der Waals surface area (Å²) in [5.41, 5.74) is -0.299. The summed E-state index contributed by atoms with van der Waals surface area (Å²) >= 11 is 3.04. The minimum absolute atomic E-state index is 0.0583. The molecule has 2 rings (SSSR count). The van der Waals surface area contributed by atoms with Crippen LogP contribution in [0.4, 0.5) is 8.78 Å². The number of ether oxygens (including phenoxy) is 1. The summed E-state index contributed by atoms with van der Waals surface area (Å²) in [5, 5.41) is 11.8. The molecule has 0 saturated carbocycles. The maximum absolute atomic E-state index is 13.6. The van der Waals surface area contributed by atoms with Crippen LogP contribution in [0.2, 0.25) is 0 Å². The van der Waals surface area contributed by atoms with Gasteiger partial charge in [-0.1, -0.05) is 0 Å². The topological polar surface area (TPSA) is 52.8 Å². The van der Waals surface area contributed by atoms with Crippen LogP contribution in [-0.4, -0.2) is 20.2 Å². The molecule has 0 radical (unpaired) electrons. The fourth-order valence-electron chi connectivity index (χ4n) is 1.39. The van der Waals surface area contributed by atoms with E-state index in [1.165, 1.54) is 4.80 Å². The van der Waals surface area contributed by atoms with Crippen molar-refractivity contribution in [1.29, 1.82) is 0 Å². The molecule has 1 aromatic heterocycles. The summed E-state index contributed by atoms with van der Waals surface area (Å²) in [6.07, 6.45) is 0. The largest absolute Gasteiger partial charge is 0.481 e. The van der Waals surface area contributed by atoms with E-state index in [-0.39, 0.29) is 22.4 Å². The van der Waals surface area contributed by atoms with Gasteiger partial charge in [-0.25, -0.2) is 8.78 Å². The SMILES string of the molecule is CC(C)(C)n1nnc(COc2c(F)cc(F)cc2Br)n1. The van der Waals surface area contributed by atoms with Crippen molar-refractivity contribution < 1.29 is 13.5 Å². The molecule has 0 atom stereocenters. The fourth-order valence-corrected chi connectivity index (χ4v) is 1.91. The normalized spacial score (nSPS) is 11.7. The molecule has 0 bridgehead atoms. The number of aromatic nitrogens is 4. The predicted molar refractivity (Wildman–Crippen MR) is 71.2 cm³/mol. The van der Waals surface area contributed by atoms with Crippen LogP contribution in [-0.2, 0) is 12.1 Å². The highest BCUT2D eigenvalue weighted by molar-refractivity contribution is 9.10. The minimum Gasteiger partial charge on any atom is -0.481 e. The Labute approximate surface area is 123 Å². The van der Waals surface area contributed by atoms with Gasteiger partial charge in [0, 0.05) is 6.07 Å². The highest BCUT2D eigenvalue weighted by atomic mass is 79.9.